The van der Waals surface area contributed by atoms with Crippen molar-refractivity contribution in [1.82, 2.24) is 15.5 Å². The summed E-state index contributed by atoms with van der Waals surface area (Å²) >= 11 is 5.72. The van der Waals surface area contributed by atoms with Crippen molar-refractivity contribution in [3.8, 4) is 11.3 Å². The van der Waals surface area contributed by atoms with Crippen LogP contribution in [0, 0.1) is 5.92 Å². The number of esters is 1. The van der Waals surface area contributed by atoms with E-state index in [1.165, 1.54) is 19.4 Å². The molecular formula is C22H22ClN5O5. The number of urea groups is 1. The topological polar surface area (TPSA) is 135 Å². The van der Waals surface area contributed by atoms with E-state index in [-0.39, 0.29) is 11.7 Å². The lowest BCUT2D eigenvalue weighted by molar-refractivity contribution is -0.144. The summed E-state index contributed by atoms with van der Waals surface area (Å²) in [6.45, 7) is 3.58. The second-order valence-electron chi connectivity index (χ2n) is 7.32. The number of anilines is 2. The fourth-order valence-electron chi connectivity index (χ4n) is 2.82. The quantitative estimate of drug-likeness (QED) is 0.350. The largest absolute Gasteiger partial charge is 0.467 e. The van der Waals surface area contributed by atoms with E-state index in [4.69, 9.17) is 20.9 Å². The molecule has 3 N–H and O–H groups in total. The Bertz CT molecular complexity index is 1130. The lowest BCUT2D eigenvalue weighted by Crippen LogP contribution is -2.44. The Hall–Kier alpha value is -3.92. The molecule has 10 nitrogen and oxygen atoms in total. The van der Waals surface area contributed by atoms with E-state index in [2.05, 4.69) is 26.1 Å². The number of halogens is 1. The molecule has 0 aliphatic rings. The number of nitrogens with one attached hydrogen (secondary N) is 3. The molecule has 0 radical (unpaired) electrons. The van der Waals surface area contributed by atoms with Gasteiger partial charge in [0.05, 0.1) is 19.0 Å². The first kappa shape index (κ1) is 23.7. The van der Waals surface area contributed by atoms with Gasteiger partial charge in [-0.15, -0.1) is 0 Å². The minimum atomic E-state index is -0.809. The molecule has 2 heterocycles. The zero-order valence-electron chi connectivity index (χ0n) is 18.1. The van der Waals surface area contributed by atoms with Crippen LogP contribution in [0.5, 0.6) is 0 Å². The maximum Gasteiger partial charge on any atom is 0.328 e. The van der Waals surface area contributed by atoms with Gasteiger partial charge in [0.2, 0.25) is 5.76 Å². The standard InChI is InChI=1S/C22H22ClN5O5/c1-12(2)19(21(30)32-3)27-20(29)17-10-16(28-33-17)13-4-6-14(7-5-13)25-22(31)26-15-8-9-18(23)24-11-15/h4-12,19H,1-3H3,(H,27,29)(H2,25,26,31)/t19-/m0/s1. The molecule has 0 aliphatic carbocycles. The van der Waals surface area contributed by atoms with E-state index < -0.39 is 23.9 Å². The van der Waals surface area contributed by atoms with Crippen molar-refractivity contribution in [2.24, 2.45) is 5.92 Å². The number of carbonyl (C=O) groups is 3. The van der Waals surface area contributed by atoms with Crippen molar-refractivity contribution >= 4 is 40.9 Å². The summed E-state index contributed by atoms with van der Waals surface area (Å²) in [6, 6.07) is 10.2. The van der Waals surface area contributed by atoms with E-state index >= 15 is 0 Å². The van der Waals surface area contributed by atoms with Gasteiger partial charge >= 0.3 is 12.0 Å². The summed E-state index contributed by atoms with van der Waals surface area (Å²) in [5.74, 6) is -1.34. The van der Waals surface area contributed by atoms with E-state index in [0.717, 1.165) is 0 Å². The summed E-state index contributed by atoms with van der Waals surface area (Å²) in [5, 5.41) is 12.2. The van der Waals surface area contributed by atoms with Crippen LogP contribution in [0.3, 0.4) is 0 Å². The van der Waals surface area contributed by atoms with Crippen LogP contribution >= 0.6 is 11.6 Å². The maximum atomic E-state index is 12.4. The Kier molecular flexibility index (Phi) is 7.62. The molecule has 0 fully saturated rings. The zero-order chi connectivity index (χ0) is 24.0. The van der Waals surface area contributed by atoms with Crippen LogP contribution in [0.25, 0.3) is 11.3 Å². The van der Waals surface area contributed by atoms with E-state index in [9.17, 15) is 14.4 Å². The Morgan fingerprint density at radius 1 is 1.03 bits per heavy atom. The molecule has 0 bridgehead atoms. The van der Waals surface area contributed by atoms with E-state index in [1.807, 2.05) is 0 Å². The number of aromatic nitrogens is 2. The molecule has 3 amide bonds. The monoisotopic (exact) mass is 471 g/mol. The van der Waals surface area contributed by atoms with E-state index in [1.54, 1.807) is 50.2 Å². The minimum absolute atomic E-state index is 0.0438. The Morgan fingerprint density at radius 3 is 2.30 bits per heavy atom. The third kappa shape index (κ3) is 6.30. The van der Waals surface area contributed by atoms with Crippen LogP contribution in [0.15, 0.2) is 53.2 Å². The molecule has 3 rings (SSSR count). The molecule has 0 aliphatic heterocycles. The molecular weight excluding hydrogens is 450 g/mol. The highest BCUT2D eigenvalue weighted by molar-refractivity contribution is 6.29. The van der Waals surface area contributed by atoms with Crippen LogP contribution < -0.4 is 16.0 Å². The molecule has 0 spiro atoms. The molecule has 3 aromatic rings. The van der Waals surface area contributed by atoms with Crippen molar-refractivity contribution in [3.63, 3.8) is 0 Å². The number of nitrogens with zero attached hydrogens (tertiary/aromatic N) is 2. The van der Waals surface area contributed by atoms with Crippen LogP contribution in [-0.4, -0.2) is 41.2 Å². The lowest BCUT2D eigenvalue weighted by atomic mass is 10.0. The predicted octanol–water partition coefficient (Wildman–Crippen LogP) is 3.96. The number of benzene rings is 1. The summed E-state index contributed by atoms with van der Waals surface area (Å²) in [4.78, 5) is 40.3. The fraction of sp³-hybridized carbons (Fsp3) is 0.227. The Labute approximate surface area is 194 Å². The summed E-state index contributed by atoms with van der Waals surface area (Å²) < 4.78 is 9.85. The number of methoxy groups -OCH3 is 1. The molecule has 172 valence electrons. The average molecular weight is 472 g/mol. The Morgan fingerprint density at radius 2 is 1.70 bits per heavy atom. The van der Waals surface area contributed by atoms with Crippen molar-refractivity contribution in [2.75, 3.05) is 17.7 Å². The highest BCUT2D eigenvalue weighted by Crippen LogP contribution is 2.22. The van der Waals surface area contributed by atoms with Gasteiger partial charge in [0, 0.05) is 17.3 Å². The van der Waals surface area contributed by atoms with Gasteiger partial charge in [-0.2, -0.15) is 0 Å². The SMILES string of the molecule is COC(=O)[C@@H](NC(=O)c1cc(-c2ccc(NC(=O)Nc3ccc(Cl)nc3)cc2)no1)C(C)C. The molecule has 11 heteroatoms. The molecule has 2 aromatic heterocycles. The first-order valence-electron chi connectivity index (χ1n) is 9.92. The summed E-state index contributed by atoms with van der Waals surface area (Å²) in [7, 11) is 1.26. The van der Waals surface area contributed by atoms with Gasteiger partial charge in [0.15, 0.2) is 0 Å². The molecule has 0 saturated carbocycles. The van der Waals surface area contributed by atoms with Crippen LogP contribution in [-0.2, 0) is 9.53 Å². The number of carbonyl (C=O) groups excluding carboxylic acids is 3. The third-order valence-electron chi connectivity index (χ3n) is 4.57. The van der Waals surface area contributed by atoms with Crippen molar-refractivity contribution in [3.05, 3.63) is 59.6 Å². The number of ether oxygens (including phenoxy) is 1. The van der Waals surface area contributed by atoms with Gasteiger partial charge in [0.1, 0.15) is 16.9 Å². The van der Waals surface area contributed by atoms with Gasteiger partial charge in [0.25, 0.3) is 5.91 Å². The second kappa shape index (κ2) is 10.6. The number of rotatable bonds is 7. The lowest BCUT2D eigenvalue weighted by Gasteiger charge is -2.18. The second-order valence-corrected chi connectivity index (χ2v) is 7.71. The van der Waals surface area contributed by atoms with Gasteiger partial charge in [-0.25, -0.2) is 14.6 Å². The molecule has 0 saturated heterocycles. The zero-order valence-corrected chi connectivity index (χ0v) is 18.8. The highest BCUT2D eigenvalue weighted by Gasteiger charge is 2.27. The van der Waals surface area contributed by atoms with Gasteiger partial charge in [-0.1, -0.05) is 42.7 Å². The average Bonchev–Trinajstić information content (AvgIpc) is 3.29. The minimum Gasteiger partial charge on any atom is -0.467 e. The van der Waals surface area contributed by atoms with E-state index in [0.29, 0.717) is 27.8 Å². The van der Waals surface area contributed by atoms with Crippen molar-refractivity contribution in [1.29, 1.82) is 0 Å². The summed E-state index contributed by atoms with van der Waals surface area (Å²) in [5.41, 5.74) is 2.12. The smallest absolute Gasteiger partial charge is 0.328 e. The van der Waals surface area contributed by atoms with Crippen molar-refractivity contribution in [2.45, 2.75) is 19.9 Å². The predicted molar refractivity (Wildman–Crippen MR) is 122 cm³/mol. The van der Waals surface area contributed by atoms with Crippen molar-refractivity contribution < 1.29 is 23.6 Å². The maximum absolute atomic E-state index is 12.4. The number of hydrogen-bond donors (Lipinski definition) is 3. The molecule has 1 aromatic carbocycles. The molecule has 1 atom stereocenters. The van der Waals surface area contributed by atoms with Gasteiger partial charge in [-0.3, -0.25) is 4.79 Å². The van der Waals surface area contributed by atoms with Gasteiger partial charge < -0.3 is 25.2 Å². The fourth-order valence-corrected chi connectivity index (χ4v) is 2.93. The van der Waals surface area contributed by atoms with Gasteiger partial charge in [-0.05, 0) is 30.2 Å². The normalized spacial score (nSPS) is 11.5. The summed E-state index contributed by atoms with van der Waals surface area (Å²) in [6.07, 6.45) is 1.44. The van der Waals surface area contributed by atoms with Crippen LogP contribution in [0.1, 0.15) is 24.4 Å². The first-order chi connectivity index (χ1) is 15.8. The third-order valence-corrected chi connectivity index (χ3v) is 4.79. The molecule has 0 unspecified atom stereocenters. The molecule has 33 heavy (non-hydrogen) atoms. The Balaban J connectivity index is 1.62. The highest BCUT2D eigenvalue weighted by atomic mass is 35.5. The van der Waals surface area contributed by atoms with Crippen LogP contribution in [0.2, 0.25) is 5.15 Å². The number of amides is 3. The number of hydrogen-bond acceptors (Lipinski definition) is 7. The number of pyridine rings is 1. The first-order valence-corrected chi connectivity index (χ1v) is 10.3. The van der Waals surface area contributed by atoms with Crippen LogP contribution in [0.4, 0.5) is 16.2 Å².